The van der Waals surface area contributed by atoms with Gasteiger partial charge >= 0.3 is 6.03 Å². The minimum absolute atomic E-state index is 0.102. The molecule has 180 valence electrons. The predicted molar refractivity (Wildman–Crippen MR) is 130 cm³/mol. The largest absolute Gasteiger partial charge is 0.467 e. The summed E-state index contributed by atoms with van der Waals surface area (Å²) in [6.07, 6.45) is 3.24. The third-order valence-corrected chi connectivity index (χ3v) is 5.82. The molecule has 1 aromatic heterocycles. The van der Waals surface area contributed by atoms with Crippen molar-refractivity contribution in [2.75, 3.05) is 25.0 Å². The first-order valence-electron chi connectivity index (χ1n) is 11.6. The van der Waals surface area contributed by atoms with Crippen LogP contribution in [0.4, 0.5) is 10.5 Å². The van der Waals surface area contributed by atoms with Crippen LogP contribution in [0, 0.1) is 11.3 Å². The Labute approximate surface area is 204 Å². The maximum Gasteiger partial charge on any atom is 0.322 e. The van der Waals surface area contributed by atoms with Gasteiger partial charge in [-0.3, -0.25) is 4.79 Å². The summed E-state index contributed by atoms with van der Waals surface area (Å²) in [6.45, 7) is 1.56. The quantitative estimate of drug-likeness (QED) is 0.498. The van der Waals surface area contributed by atoms with Crippen LogP contribution in [0.25, 0.3) is 0 Å². The van der Waals surface area contributed by atoms with Gasteiger partial charge < -0.3 is 24.3 Å². The van der Waals surface area contributed by atoms with E-state index in [1.54, 1.807) is 41.5 Å². The lowest BCUT2D eigenvalue weighted by Gasteiger charge is -2.29. The maximum atomic E-state index is 13.5. The fraction of sp³-hybridized carbons (Fsp3) is 0.296. The van der Waals surface area contributed by atoms with E-state index < -0.39 is 6.03 Å². The Bertz CT molecular complexity index is 1130. The van der Waals surface area contributed by atoms with Crippen molar-refractivity contribution < 1.29 is 18.7 Å². The standard InChI is InChI=1S/C27H28N4O4/c28-16-21-10-12-23(13-11-21)29-27(33)31(19-25-9-5-15-35-25)20-26(32)30(18-24-8-4-14-34-24)17-22-6-2-1-3-7-22/h1-4,6-8,10-14,25H,5,9,15,17-20H2,(H,29,33). The molecule has 8 heteroatoms. The van der Waals surface area contributed by atoms with Crippen LogP contribution >= 0.6 is 0 Å². The molecular weight excluding hydrogens is 444 g/mol. The fourth-order valence-corrected chi connectivity index (χ4v) is 3.97. The molecule has 2 heterocycles. The molecule has 0 saturated carbocycles. The molecule has 1 N–H and O–H groups in total. The number of nitriles is 1. The molecule has 35 heavy (non-hydrogen) atoms. The van der Waals surface area contributed by atoms with Crippen molar-refractivity contribution in [1.29, 1.82) is 5.26 Å². The molecule has 0 spiro atoms. The summed E-state index contributed by atoms with van der Waals surface area (Å²) >= 11 is 0. The van der Waals surface area contributed by atoms with Gasteiger partial charge in [0.05, 0.1) is 30.5 Å². The maximum absolute atomic E-state index is 13.5. The number of hydrogen-bond donors (Lipinski definition) is 1. The van der Waals surface area contributed by atoms with E-state index in [2.05, 4.69) is 11.4 Å². The molecule has 0 bridgehead atoms. The minimum atomic E-state index is -0.392. The molecule has 1 fully saturated rings. The first-order chi connectivity index (χ1) is 17.1. The van der Waals surface area contributed by atoms with E-state index in [-0.39, 0.29) is 18.6 Å². The average molecular weight is 473 g/mol. The van der Waals surface area contributed by atoms with Gasteiger partial charge in [0.25, 0.3) is 0 Å². The van der Waals surface area contributed by atoms with Gasteiger partial charge in [-0.15, -0.1) is 0 Å². The van der Waals surface area contributed by atoms with Crippen molar-refractivity contribution in [1.82, 2.24) is 9.80 Å². The van der Waals surface area contributed by atoms with E-state index in [1.165, 1.54) is 4.90 Å². The summed E-state index contributed by atoms with van der Waals surface area (Å²) in [5, 5.41) is 11.8. The van der Waals surface area contributed by atoms with Gasteiger partial charge in [-0.05, 0) is 54.8 Å². The van der Waals surface area contributed by atoms with Gasteiger partial charge in [-0.1, -0.05) is 30.3 Å². The first-order valence-corrected chi connectivity index (χ1v) is 11.6. The van der Waals surface area contributed by atoms with Crippen LogP contribution in [0.15, 0.2) is 77.4 Å². The molecular formula is C27H28N4O4. The van der Waals surface area contributed by atoms with Crippen LogP contribution in [0.5, 0.6) is 0 Å². The molecule has 1 saturated heterocycles. The molecule has 8 nitrogen and oxygen atoms in total. The molecule has 2 aromatic carbocycles. The molecule has 0 aliphatic carbocycles. The summed E-state index contributed by atoms with van der Waals surface area (Å²) in [5.74, 6) is 0.472. The highest BCUT2D eigenvalue weighted by Gasteiger charge is 2.27. The summed E-state index contributed by atoms with van der Waals surface area (Å²) in [5.41, 5.74) is 2.04. The van der Waals surface area contributed by atoms with Crippen molar-refractivity contribution in [3.05, 3.63) is 89.9 Å². The van der Waals surface area contributed by atoms with Gasteiger partial charge in [0.15, 0.2) is 0 Å². The summed E-state index contributed by atoms with van der Waals surface area (Å²) in [7, 11) is 0. The van der Waals surface area contributed by atoms with Crippen LogP contribution in [-0.2, 0) is 22.6 Å². The van der Waals surface area contributed by atoms with E-state index in [0.29, 0.717) is 43.3 Å². The number of amides is 3. The minimum Gasteiger partial charge on any atom is -0.467 e. The van der Waals surface area contributed by atoms with E-state index in [0.717, 1.165) is 18.4 Å². The van der Waals surface area contributed by atoms with Crippen LogP contribution < -0.4 is 5.32 Å². The van der Waals surface area contributed by atoms with Gasteiger partial charge in [-0.25, -0.2) is 4.79 Å². The van der Waals surface area contributed by atoms with Crippen LogP contribution in [0.1, 0.15) is 29.7 Å². The second kappa shape index (κ2) is 11.9. The first kappa shape index (κ1) is 24.0. The Morgan fingerprint density at radius 3 is 2.46 bits per heavy atom. The average Bonchev–Trinajstić information content (AvgIpc) is 3.59. The zero-order chi connectivity index (χ0) is 24.5. The molecule has 1 aliphatic heterocycles. The zero-order valence-electron chi connectivity index (χ0n) is 19.4. The highest BCUT2D eigenvalue weighted by molar-refractivity contribution is 5.92. The van der Waals surface area contributed by atoms with Gasteiger partial charge in [0, 0.05) is 25.4 Å². The molecule has 3 amide bonds. The van der Waals surface area contributed by atoms with Crippen molar-refractivity contribution in [2.24, 2.45) is 0 Å². The number of carbonyl (C=O) groups excluding carboxylic acids is 2. The molecule has 3 aromatic rings. The van der Waals surface area contributed by atoms with Crippen LogP contribution in [0.3, 0.4) is 0 Å². The van der Waals surface area contributed by atoms with Crippen molar-refractivity contribution in [2.45, 2.75) is 32.0 Å². The number of ether oxygens (including phenoxy) is 1. The number of benzene rings is 2. The number of furan rings is 1. The molecule has 1 atom stereocenters. The summed E-state index contributed by atoms with van der Waals surface area (Å²) < 4.78 is 11.2. The molecule has 1 aliphatic rings. The number of nitrogens with one attached hydrogen (secondary N) is 1. The number of nitrogens with zero attached hydrogens (tertiary/aromatic N) is 3. The van der Waals surface area contributed by atoms with E-state index in [1.807, 2.05) is 36.4 Å². The second-order valence-corrected chi connectivity index (χ2v) is 8.45. The monoisotopic (exact) mass is 472 g/mol. The lowest BCUT2D eigenvalue weighted by atomic mass is 10.2. The van der Waals surface area contributed by atoms with Crippen LogP contribution in [-0.4, -0.2) is 47.5 Å². The van der Waals surface area contributed by atoms with Gasteiger partial charge in [-0.2, -0.15) is 5.26 Å². The number of carbonyl (C=O) groups is 2. The summed E-state index contributed by atoms with van der Waals surface area (Å²) in [6, 6.07) is 21.6. The number of anilines is 1. The Balaban J connectivity index is 1.49. The van der Waals surface area contributed by atoms with E-state index >= 15 is 0 Å². The summed E-state index contributed by atoms with van der Waals surface area (Å²) in [4.78, 5) is 29.9. The van der Waals surface area contributed by atoms with Gasteiger partial charge in [0.1, 0.15) is 12.3 Å². The van der Waals surface area contributed by atoms with Crippen molar-refractivity contribution >= 4 is 17.6 Å². The van der Waals surface area contributed by atoms with Crippen molar-refractivity contribution in [3.63, 3.8) is 0 Å². The highest BCUT2D eigenvalue weighted by Crippen LogP contribution is 2.17. The third kappa shape index (κ3) is 6.95. The Morgan fingerprint density at radius 2 is 1.80 bits per heavy atom. The molecule has 0 radical (unpaired) electrons. The smallest absolute Gasteiger partial charge is 0.322 e. The predicted octanol–water partition coefficient (Wildman–Crippen LogP) is 4.39. The SMILES string of the molecule is N#Cc1ccc(NC(=O)N(CC(=O)N(Cc2ccccc2)Cc2ccco2)CC2CCCO2)cc1. The topological polar surface area (TPSA) is 98.8 Å². The lowest BCUT2D eigenvalue weighted by molar-refractivity contribution is -0.133. The Kier molecular flexibility index (Phi) is 8.15. The zero-order valence-corrected chi connectivity index (χ0v) is 19.4. The number of hydrogen-bond acceptors (Lipinski definition) is 5. The second-order valence-electron chi connectivity index (χ2n) is 8.45. The fourth-order valence-electron chi connectivity index (χ4n) is 3.97. The third-order valence-electron chi connectivity index (χ3n) is 5.82. The van der Waals surface area contributed by atoms with Gasteiger partial charge in [0.2, 0.25) is 5.91 Å². The Hall–Kier alpha value is -4.09. The molecule has 4 rings (SSSR count). The lowest BCUT2D eigenvalue weighted by Crippen LogP contribution is -2.46. The van der Waals surface area contributed by atoms with Crippen molar-refractivity contribution in [3.8, 4) is 6.07 Å². The highest BCUT2D eigenvalue weighted by atomic mass is 16.5. The molecule has 1 unspecified atom stereocenters. The van der Waals surface area contributed by atoms with E-state index in [9.17, 15) is 9.59 Å². The number of rotatable bonds is 9. The normalized spacial score (nSPS) is 14.8. The van der Waals surface area contributed by atoms with Crippen LogP contribution in [0.2, 0.25) is 0 Å². The number of urea groups is 1. The van der Waals surface area contributed by atoms with E-state index in [4.69, 9.17) is 14.4 Å². The Morgan fingerprint density at radius 1 is 1.00 bits per heavy atom.